The van der Waals surface area contributed by atoms with Gasteiger partial charge in [0.05, 0.1) is 11.4 Å². The molecule has 0 unspecified atom stereocenters. The van der Waals surface area contributed by atoms with Crippen LogP contribution in [0.25, 0.3) is 5.69 Å². The maximum atomic E-state index is 12.1. The first-order chi connectivity index (χ1) is 13.4. The van der Waals surface area contributed by atoms with Crippen molar-refractivity contribution in [2.24, 2.45) is 0 Å². The quantitative estimate of drug-likeness (QED) is 0.649. The molecule has 0 bridgehead atoms. The van der Waals surface area contributed by atoms with E-state index in [1.165, 1.54) is 4.80 Å². The van der Waals surface area contributed by atoms with Crippen molar-refractivity contribution in [3.63, 3.8) is 0 Å². The summed E-state index contributed by atoms with van der Waals surface area (Å²) in [5, 5.41) is 13.7. The lowest BCUT2D eigenvalue weighted by Gasteiger charge is -2.22. The number of para-hydroxylation sites is 1. The van der Waals surface area contributed by atoms with Crippen LogP contribution in [0.1, 0.15) is 37.8 Å². The number of aromatic nitrogens is 3. The highest BCUT2D eigenvalue weighted by Gasteiger charge is 2.20. The smallest absolute Gasteiger partial charge is 0.320 e. The standard InChI is InChI=1S/C18H26N6O3S/c1-14-17(22-24(21-14)16-10-6-3-7-11-16)20-18(25)19-12-13-28(26,27)23-15-8-4-2-5-9-15/h3,6-7,10-11,15,23H,2,4-5,8-9,12-13H2,1H3,(H2,19,20,22,25). The average Bonchev–Trinajstić information content (AvgIpc) is 3.03. The molecule has 3 N–H and O–H groups in total. The predicted molar refractivity (Wildman–Crippen MR) is 107 cm³/mol. The number of nitrogens with zero attached hydrogens (tertiary/aromatic N) is 3. The number of nitrogens with one attached hydrogen (secondary N) is 3. The molecule has 2 amide bonds. The first-order valence-electron chi connectivity index (χ1n) is 9.47. The van der Waals surface area contributed by atoms with Crippen molar-refractivity contribution in [3.05, 3.63) is 36.0 Å². The van der Waals surface area contributed by atoms with Crippen molar-refractivity contribution in [1.29, 1.82) is 0 Å². The van der Waals surface area contributed by atoms with E-state index in [2.05, 4.69) is 25.6 Å². The molecular weight excluding hydrogens is 380 g/mol. The zero-order valence-corrected chi connectivity index (χ0v) is 16.7. The number of hydrogen-bond acceptors (Lipinski definition) is 5. The zero-order chi connectivity index (χ0) is 20.0. The lowest BCUT2D eigenvalue weighted by molar-refractivity contribution is 0.252. The molecule has 9 nitrogen and oxygen atoms in total. The topological polar surface area (TPSA) is 118 Å². The first-order valence-corrected chi connectivity index (χ1v) is 11.1. The Labute approximate surface area is 164 Å². The second kappa shape index (κ2) is 9.16. The molecule has 0 aliphatic heterocycles. The SMILES string of the molecule is Cc1nn(-c2ccccc2)nc1NC(=O)NCCS(=O)(=O)NC1CCCCC1. The molecule has 152 valence electrons. The minimum absolute atomic E-state index is 0.0136. The van der Waals surface area contributed by atoms with E-state index in [-0.39, 0.29) is 18.3 Å². The van der Waals surface area contributed by atoms with Gasteiger partial charge in [-0.15, -0.1) is 9.90 Å². The third-order valence-corrected chi connectivity index (χ3v) is 6.04. The second-order valence-corrected chi connectivity index (χ2v) is 8.79. The normalized spacial score (nSPS) is 15.3. The summed E-state index contributed by atoms with van der Waals surface area (Å²) in [7, 11) is -3.41. The minimum Gasteiger partial charge on any atom is -0.337 e. The largest absolute Gasteiger partial charge is 0.337 e. The highest BCUT2D eigenvalue weighted by Crippen LogP contribution is 2.18. The summed E-state index contributed by atoms with van der Waals surface area (Å²) in [4.78, 5) is 13.5. The highest BCUT2D eigenvalue weighted by molar-refractivity contribution is 7.89. The first kappa shape index (κ1) is 20.3. The number of rotatable bonds is 7. The average molecular weight is 407 g/mol. The van der Waals surface area contributed by atoms with Crippen LogP contribution < -0.4 is 15.4 Å². The van der Waals surface area contributed by atoms with Crippen LogP contribution in [0, 0.1) is 6.92 Å². The molecule has 1 heterocycles. The van der Waals surface area contributed by atoms with Crippen LogP contribution in [-0.4, -0.2) is 47.8 Å². The van der Waals surface area contributed by atoms with Crippen LogP contribution in [0.3, 0.4) is 0 Å². The molecule has 1 fully saturated rings. The van der Waals surface area contributed by atoms with Crippen LogP contribution in [0.15, 0.2) is 30.3 Å². The molecule has 1 aliphatic rings. The Morgan fingerprint density at radius 3 is 2.57 bits per heavy atom. The van der Waals surface area contributed by atoms with E-state index in [0.29, 0.717) is 11.5 Å². The van der Waals surface area contributed by atoms with Crippen molar-refractivity contribution in [3.8, 4) is 5.69 Å². The lowest BCUT2D eigenvalue weighted by atomic mass is 9.96. The van der Waals surface area contributed by atoms with E-state index in [9.17, 15) is 13.2 Å². The summed E-state index contributed by atoms with van der Waals surface area (Å²) >= 11 is 0. The molecule has 3 rings (SSSR count). The van der Waals surface area contributed by atoms with E-state index in [1.54, 1.807) is 6.92 Å². The maximum Gasteiger partial charge on any atom is 0.320 e. The van der Waals surface area contributed by atoms with Gasteiger partial charge in [-0.1, -0.05) is 37.5 Å². The number of aryl methyl sites for hydroxylation is 1. The van der Waals surface area contributed by atoms with E-state index in [4.69, 9.17) is 0 Å². The molecule has 2 aromatic rings. The number of benzene rings is 1. The maximum absolute atomic E-state index is 12.1. The van der Waals surface area contributed by atoms with Crippen LogP contribution in [-0.2, 0) is 10.0 Å². The van der Waals surface area contributed by atoms with Gasteiger partial charge in [0, 0.05) is 12.6 Å². The second-order valence-electron chi connectivity index (χ2n) is 6.91. The van der Waals surface area contributed by atoms with Gasteiger partial charge >= 0.3 is 6.03 Å². The third kappa shape index (κ3) is 5.77. The number of amides is 2. The van der Waals surface area contributed by atoms with Crippen LogP contribution in [0.4, 0.5) is 10.6 Å². The molecule has 0 atom stereocenters. The van der Waals surface area contributed by atoms with E-state index < -0.39 is 16.1 Å². The zero-order valence-electron chi connectivity index (χ0n) is 15.9. The minimum atomic E-state index is -3.41. The molecule has 1 aromatic carbocycles. The fraction of sp³-hybridized carbons (Fsp3) is 0.500. The molecular formula is C18H26N6O3S. The molecule has 1 aliphatic carbocycles. The monoisotopic (exact) mass is 406 g/mol. The molecule has 0 radical (unpaired) electrons. The Hall–Kier alpha value is -2.46. The van der Waals surface area contributed by atoms with Crippen LogP contribution in [0.2, 0.25) is 0 Å². The van der Waals surface area contributed by atoms with Gasteiger partial charge in [0.2, 0.25) is 10.0 Å². The summed E-state index contributed by atoms with van der Waals surface area (Å²) < 4.78 is 27.0. The number of carbonyl (C=O) groups is 1. The summed E-state index contributed by atoms with van der Waals surface area (Å²) in [6.07, 6.45) is 5.02. The summed E-state index contributed by atoms with van der Waals surface area (Å²) in [5.41, 5.74) is 1.34. The molecule has 0 spiro atoms. The summed E-state index contributed by atoms with van der Waals surface area (Å²) in [5.74, 6) is 0.164. The Kier molecular flexibility index (Phi) is 6.63. The fourth-order valence-electron chi connectivity index (χ4n) is 3.16. The summed E-state index contributed by atoms with van der Waals surface area (Å²) in [6.45, 7) is 1.75. The number of urea groups is 1. The van der Waals surface area contributed by atoms with E-state index in [0.717, 1.165) is 37.8 Å². The van der Waals surface area contributed by atoms with Crippen molar-refractivity contribution in [2.45, 2.75) is 45.1 Å². The Bertz CT molecular complexity index is 891. The molecule has 28 heavy (non-hydrogen) atoms. The Morgan fingerprint density at radius 2 is 1.86 bits per heavy atom. The van der Waals surface area contributed by atoms with Crippen LogP contribution >= 0.6 is 0 Å². The van der Waals surface area contributed by atoms with Gasteiger partial charge in [-0.25, -0.2) is 17.9 Å². The van der Waals surface area contributed by atoms with Crippen molar-refractivity contribution in [2.75, 3.05) is 17.6 Å². The van der Waals surface area contributed by atoms with Gasteiger partial charge in [-0.3, -0.25) is 5.32 Å². The molecule has 1 aromatic heterocycles. The van der Waals surface area contributed by atoms with Gasteiger partial charge in [-0.2, -0.15) is 5.10 Å². The van der Waals surface area contributed by atoms with Gasteiger partial charge in [0.1, 0.15) is 5.69 Å². The van der Waals surface area contributed by atoms with Gasteiger partial charge in [0.15, 0.2) is 5.82 Å². The lowest BCUT2D eigenvalue weighted by Crippen LogP contribution is -2.41. The molecule has 0 saturated heterocycles. The van der Waals surface area contributed by atoms with E-state index >= 15 is 0 Å². The number of carbonyl (C=O) groups excluding carboxylic acids is 1. The van der Waals surface area contributed by atoms with Gasteiger partial charge in [0.25, 0.3) is 0 Å². The van der Waals surface area contributed by atoms with Crippen molar-refractivity contribution < 1.29 is 13.2 Å². The van der Waals surface area contributed by atoms with Crippen LogP contribution in [0.5, 0.6) is 0 Å². The number of hydrogen-bond donors (Lipinski definition) is 3. The number of sulfonamides is 1. The fourth-order valence-corrected chi connectivity index (χ4v) is 4.39. The van der Waals surface area contributed by atoms with Crippen molar-refractivity contribution in [1.82, 2.24) is 25.0 Å². The number of anilines is 1. The molecule has 1 saturated carbocycles. The van der Waals surface area contributed by atoms with Gasteiger partial charge < -0.3 is 5.32 Å². The third-order valence-electron chi connectivity index (χ3n) is 4.61. The Balaban J connectivity index is 1.47. The summed E-state index contributed by atoms with van der Waals surface area (Å²) in [6, 6.07) is 8.84. The highest BCUT2D eigenvalue weighted by atomic mass is 32.2. The van der Waals surface area contributed by atoms with Gasteiger partial charge in [-0.05, 0) is 31.9 Å². The molecule has 10 heteroatoms. The van der Waals surface area contributed by atoms with E-state index in [1.807, 2.05) is 30.3 Å². The predicted octanol–water partition coefficient (Wildman–Crippen LogP) is 1.95. The Morgan fingerprint density at radius 1 is 1.14 bits per heavy atom. The van der Waals surface area contributed by atoms with Crippen molar-refractivity contribution >= 4 is 21.9 Å².